The molecular weight excluding hydrogens is 378 g/mol. The Bertz CT molecular complexity index is 1120. The molecule has 5 rings (SSSR count). The second-order valence-electron chi connectivity index (χ2n) is 8.02. The van der Waals surface area contributed by atoms with Crippen LogP contribution in [0.5, 0.6) is 5.75 Å². The number of ether oxygens (including phenoxy) is 1. The fourth-order valence-corrected chi connectivity index (χ4v) is 4.92. The molecule has 1 saturated heterocycles. The number of hydrogen-bond acceptors (Lipinski definition) is 3. The van der Waals surface area contributed by atoms with Crippen molar-refractivity contribution in [2.45, 2.75) is 31.8 Å². The first-order chi connectivity index (χ1) is 14.6. The molecule has 3 heterocycles. The minimum absolute atomic E-state index is 0.00169. The molecule has 2 aliphatic heterocycles. The Kier molecular flexibility index (Phi) is 4.50. The van der Waals surface area contributed by atoms with Crippen LogP contribution in [0.2, 0.25) is 0 Å². The van der Waals surface area contributed by atoms with Crippen LogP contribution >= 0.6 is 0 Å². The maximum atomic E-state index is 13.3. The zero-order chi connectivity index (χ0) is 20.8. The quantitative estimate of drug-likeness (QED) is 0.727. The van der Waals surface area contributed by atoms with Gasteiger partial charge in [0.1, 0.15) is 11.8 Å². The third-order valence-corrected chi connectivity index (χ3v) is 6.27. The molecule has 1 N–H and O–H groups in total. The number of para-hydroxylation sites is 1. The second-order valence-corrected chi connectivity index (χ2v) is 8.02. The molecule has 2 atom stereocenters. The number of nitrogens with one attached hydrogen (secondary N) is 1. The van der Waals surface area contributed by atoms with Crippen LogP contribution in [0.15, 0.2) is 48.5 Å². The first kappa shape index (κ1) is 18.7. The molecule has 0 radical (unpaired) electrons. The van der Waals surface area contributed by atoms with Gasteiger partial charge in [-0.25, -0.2) is 0 Å². The molecular formula is C24H25N3O3. The number of carbonyl (C=O) groups is 2. The summed E-state index contributed by atoms with van der Waals surface area (Å²) in [6, 6.07) is 15.1. The number of amides is 2. The van der Waals surface area contributed by atoms with Crippen molar-refractivity contribution in [3.8, 4) is 5.75 Å². The van der Waals surface area contributed by atoms with E-state index >= 15 is 0 Å². The lowest BCUT2D eigenvalue weighted by atomic mass is 9.86. The Morgan fingerprint density at radius 1 is 1.10 bits per heavy atom. The van der Waals surface area contributed by atoms with Gasteiger partial charge in [-0.1, -0.05) is 37.3 Å². The molecule has 6 heteroatoms. The Morgan fingerprint density at radius 2 is 1.87 bits per heavy atom. The largest absolute Gasteiger partial charge is 0.497 e. The van der Waals surface area contributed by atoms with Gasteiger partial charge in [-0.05, 0) is 35.7 Å². The average Bonchev–Trinajstić information content (AvgIpc) is 3.14. The molecule has 1 unspecified atom stereocenters. The maximum Gasteiger partial charge on any atom is 0.246 e. The lowest BCUT2D eigenvalue weighted by molar-refractivity contribution is -0.158. The number of rotatable bonds is 4. The van der Waals surface area contributed by atoms with Gasteiger partial charge >= 0.3 is 0 Å². The molecule has 0 aliphatic carbocycles. The summed E-state index contributed by atoms with van der Waals surface area (Å²) in [6.07, 6.45) is 1.38. The standard InChI is InChI=1S/C24H25N3O3/c1-3-12-26-14-21(28)27-20(24(26)29)13-18-17-6-4-5-7-19(17)25-22(18)23(27)15-8-10-16(30-2)11-9-15/h4-11,20,23,25H,3,12-14H2,1-2H3/t20-,23?/m0/s1. The summed E-state index contributed by atoms with van der Waals surface area (Å²) >= 11 is 0. The van der Waals surface area contributed by atoms with Crippen LogP contribution in [0.4, 0.5) is 0 Å². The molecule has 30 heavy (non-hydrogen) atoms. The van der Waals surface area contributed by atoms with Crippen LogP contribution in [-0.4, -0.2) is 52.8 Å². The van der Waals surface area contributed by atoms with Crippen LogP contribution in [-0.2, 0) is 16.0 Å². The van der Waals surface area contributed by atoms with E-state index in [2.05, 4.69) is 11.1 Å². The maximum absolute atomic E-state index is 13.3. The Balaban J connectivity index is 1.68. The van der Waals surface area contributed by atoms with Crippen LogP contribution in [0.3, 0.4) is 0 Å². The predicted molar refractivity (Wildman–Crippen MR) is 114 cm³/mol. The summed E-state index contributed by atoms with van der Waals surface area (Å²) in [5, 5.41) is 1.12. The van der Waals surface area contributed by atoms with Gasteiger partial charge < -0.3 is 19.5 Å². The number of piperazine rings is 1. The van der Waals surface area contributed by atoms with E-state index in [9.17, 15) is 9.59 Å². The van der Waals surface area contributed by atoms with Crippen molar-refractivity contribution >= 4 is 22.7 Å². The molecule has 0 spiro atoms. The topological polar surface area (TPSA) is 65.6 Å². The van der Waals surface area contributed by atoms with E-state index in [1.807, 2.05) is 49.4 Å². The Labute approximate surface area is 175 Å². The summed E-state index contributed by atoms with van der Waals surface area (Å²) in [5.41, 5.74) is 4.14. The van der Waals surface area contributed by atoms with E-state index in [4.69, 9.17) is 4.74 Å². The number of hydrogen-bond donors (Lipinski definition) is 1. The smallest absolute Gasteiger partial charge is 0.246 e. The van der Waals surface area contributed by atoms with Gasteiger partial charge in [0, 0.05) is 29.6 Å². The van der Waals surface area contributed by atoms with E-state index in [1.54, 1.807) is 16.9 Å². The third-order valence-electron chi connectivity index (χ3n) is 6.27. The first-order valence-electron chi connectivity index (χ1n) is 10.5. The summed E-state index contributed by atoms with van der Waals surface area (Å²) < 4.78 is 5.31. The zero-order valence-corrected chi connectivity index (χ0v) is 17.2. The lowest BCUT2D eigenvalue weighted by Crippen LogP contribution is -2.63. The molecule has 2 aliphatic rings. The van der Waals surface area contributed by atoms with Gasteiger partial charge in [-0.2, -0.15) is 0 Å². The highest BCUT2D eigenvalue weighted by Gasteiger charge is 2.47. The van der Waals surface area contributed by atoms with Gasteiger partial charge in [-0.15, -0.1) is 0 Å². The number of H-pyrrole nitrogens is 1. The number of carbonyl (C=O) groups excluding carboxylic acids is 2. The number of aromatic nitrogens is 1. The minimum atomic E-state index is -0.475. The van der Waals surface area contributed by atoms with E-state index < -0.39 is 6.04 Å². The Morgan fingerprint density at radius 3 is 2.60 bits per heavy atom. The fourth-order valence-electron chi connectivity index (χ4n) is 4.92. The Hall–Kier alpha value is -3.28. The number of methoxy groups -OCH3 is 1. The molecule has 2 aromatic carbocycles. The number of fused-ring (bicyclic) bond motifs is 4. The fraction of sp³-hybridized carbons (Fsp3) is 0.333. The first-order valence-corrected chi connectivity index (χ1v) is 10.5. The SMILES string of the molecule is CCCN1CC(=O)N2C(c3ccc(OC)cc3)c3[nH]c4ccccc4c3C[C@H]2C1=O. The normalized spacial score (nSPS) is 21.0. The second kappa shape index (κ2) is 7.20. The third kappa shape index (κ3) is 2.78. The molecule has 0 saturated carbocycles. The van der Waals surface area contributed by atoms with Gasteiger partial charge in [0.15, 0.2) is 0 Å². The summed E-state index contributed by atoms with van der Waals surface area (Å²) in [5.74, 6) is 0.808. The van der Waals surface area contributed by atoms with Crippen LogP contribution in [0.25, 0.3) is 10.9 Å². The van der Waals surface area contributed by atoms with E-state index in [1.165, 1.54) is 0 Å². The van der Waals surface area contributed by atoms with Gasteiger partial charge in [-0.3, -0.25) is 9.59 Å². The van der Waals surface area contributed by atoms with Gasteiger partial charge in [0.25, 0.3) is 0 Å². The molecule has 6 nitrogen and oxygen atoms in total. The van der Waals surface area contributed by atoms with Crippen LogP contribution in [0.1, 0.15) is 36.2 Å². The van der Waals surface area contributed by atoms with Crippen molar-refractivity contribution < 1.29 is 14.3 Å². The average molecular weight is 403 g/mol. The predicted octanol–water partition coefficient (Wildman–Crippen LogP) is 3.27. The van der Waals surface area contributed by atoms with Crippen molar-refractivity contribution in [3.05, 3.63) is 65.4 Å². The van der Waals surface area contributed by atoms with E-state index in [0.29, 0.717) is 13.0 Å². The van der Waals surface area contributed by atoms with Crippen LogP contribution < -0.4 is 4.74 Å². The number of nitrogens with zero attached hydrogens (tertiary/aromatic N) is 2. The van der Waals surface area contributed by atoms with Crippen LogP contribution in [0, 0.1) is 0 Å². The molecule has 1 aromatic heterocycles. The highest BCUT2D eigenvalue weighted by atomic mass is 16.5. The van der Waals surface area contributed by atoms with Gasteiger partial charge in [0.05, 0.1) is 19.7 Å². The summed E-state index contributed by atoms with van der Waals surface area (Å²) in [4.78, 5) is 33.7. The van der Waals surface area contributed by atoms with E-state index in [-0.39, 0.29) is 24.4 Å². The molecule has 154 valence electrons. The van der Waals surface area contributed by atoms with Crippen molar-refractivity contribution in [1.82, 2.24) is 14.8 Å². The molecule has 2 amide bonds. The van der Waals surface area contributed by atoms with Crippen molar-refractivity contribution in [1.29, 1.82) is 0 Å². The van der Waals surface area contributed by atoms with E-state index in [0.717, 1.165) is 39.9 Å². The highest BCUT2D eigenvalue weighted by Crippen LogP contribution is 2.42. The van der Waals surface area contributed by atoms with Gasteiger partial charge in [0.2, 0.25) is 11.8 Å². The summed E-state index contributed by atoms with van der Waals surface area (Å²) in [7, 11) is 1.64. The summed E-state index contributed by atoms with van der Waals surface area (Å²) in [6.45, 7) is 2.79. The van der Waals surface area contributed by atoms with Crippen molar-refractivity contribution in [2.75, 3.05) is 20.2 Å². The molecule has 1 fully saturated rings. The van der Waals surface area contributed by atoms with Crippen molar-refractivity contribution in [2.24, 2.45) is 0 Å². The molecule has 3 aromatic rings. The number of aromatic amines is 1. The lowest BCUT2D eigenvalue weighted by Gasteiger charge is -2.47. The highest BCUT2D eigenvalue weighted by molar-refractivity contribution is 5.97. The van der Waals surface area contributed by atoms with Crippen molar-refractivity contribution in [3.63, 3.8) is 0 Å². The monoisotopic (exact) mass is 403 g/mol. The number of benzene rings is 2. The minimum Gasteiger partial charge on any atom is -0.497 e. The molecule has 0 bridgehead atoms. The zero-order valence-electron chi connectivity index (χ0n) is 17.2.